The minimum atomic E-state index is -0.00314. The number of para-hydroxylation sites is 1. The monoisotopic (exact) mass is 371 g/mol. The summed E-state index contributed by atoms with van der Waals surface area (Å²) in [5, 5.41) is 6.33. The van der Waals surface area contributed by atoms with Gasteiger partial charge in [0.05, 0.1) is 5.56 Å². The number of piperidine rings is 1. The molecule has 1 aromatic carbocycles. The molecule has 0 bridgehead atoms. The molecule has 1 aliphatic heterocycles. The molecule has 3 rings (SSSR count). The first kappa shape index (κ1) is 19.7. The third-order valence-corrected chi connectivity index (χ3v) is 6.05. The molecule has 2 N–H and O–H groups in total. The lowest BCUT2D eigenvalue weighted by molar-refractivity contribution is -0.125. The lowest BCUT2D eigenvalue weighted by Gasteiger charge is -2.35. The number of nitrogens with one attached hydrogen (secondary N) is 2. The van der Waals surface area contributed by atoms with Crippen molar-refractivity contribution in [3.05, 3.63) is 29.8 Å². The number of benzene rings is 1. The van der Waals surface area contributed by atoms with Crippen molar-refractivity contribution in [2.75, 3.05) is 18.0 Å². The minimum Gasteiger partial charge on any atom is -0.371 e. The molecule has 1 atom stereocenters. The zero-order valence-electron chi connectivity index (χ0n) is 16.7. The van der Waals surface area contributed by atoms with Crippen molar-refractivity contribution in [2.24, 2.45) is 5.92 Å². The number of carbonyl (C=O) groups is 2. The quantitative estimate of drug-likeness (QED) is 0.805. The number of hydrogen-bond acceptors (Lipinski definition) is 3. The topological polar surface area (TPSA) is 61.4 Å². The van der Waals surface area contributed by atoms with Gasteiger partial charge in [-0.25, -0.2) is 0 Å². The number of nitrogens with zero attached hydrogens (tertiary/aromatic N) is 1. The zero-order chi connectivity index (χ0) is 19.2. The molecule has 5 heteroatoms. The van der Waals surface area contributed by atoms with Crippen LogP contribution in [0.4, 0.5) is 5.69 Å². The summed E-state index contributed by atoms with van der Waals surface area (Å²) in [6, 6.07) is 8.27. The molecule has 2 fully saturated rings. The van der Waals surface area contributed by atoms with Gasteiger partial charge in [-0.05, 0) is 51.2 Å². The van der Waals surface area contributed by atoms with E-state index >= 15 is 0 Å². The third-order valence-electron chi connectivity index (χ3n) is 6.05. The summed E-state index contributed by atoms with van der Waals surface area (Å²) >= 11 is 0. The van der Waals surface area contributed by atoms with Crippen LogP contribution in [0.2, 0.25) is 0 Å². The highest BCUT2D eigenvalue weighted by Crippen LogP contribution is 2.27. The number of hydrogen-bond donors (Lipinski definition) is 2. The van der Waals surface area contributed by atoms with E-state index < -0.39 is 0 Å². The molecule has 0 spiro atoms. The Balaban J connectivity index is 1.57. The molecule has 0 aromatic heterocycles. The van der Waals surface area contributed by atoms with Crippen molar-refractivity contribution in [1.29, 1.82) is 0 Å². The van der Waals surface area contributed by atoms with Crippen LogP contribution >= 0.6 is 0 Å². The van der Waals surface area contributed by atoms with Gasteiger partial charge in [0.2, 0.25) is 5.91 Å². The second-order valence-electron chi connectivity index (χ2n) is 8.05. The Hall–Kier alpha value is -2.04. The lowest BCUT2D eigenvalue weighted by Crippen LogP contribution is -2.46. The summed E-state index contributed by atoms with van der Waals surface area (Å²) < 4.78 is 0. The van der Waals surface area contributed by atoms with Gasteiger partial charge in [0.1, 0.15) is 0 Å². The Morgan fingerprint density at radius 3 is 2.44 bits per heavy atom. The van der Waals surface area contributed by atoms with Crippen LogP contribution in [-0.2, 0) is 4.79 Å². The van der Waals surface area contributed by atoms with Gasteiger partial charge in [-0.1, -0.05) is 31.9 Å². The lowest BCUT2D eigenvalue weighted by atomic mass is 10.0. The van der Waals surface area contributed by atoms with Gasteiger partial charge in [-0.3, -0.25) is 9.59 Å². The van der Waals surface area contributed by atoms with Gasteiger partial charge < -0.3 is 15.5 Å². The zero-order valence-corrected chi connectivity index (χ0v) is 16.7. The van der Waals surface area contributed by atoms with Gasteiger partial charge in [-0.15, -0.1) is 0 Å². The van der Waals surface area contributed by atoms with E-state index in [0.717, 1.165) is 56.4 Å². The highest BCUT2D eigenvalue weighted by atomic mass is 16.2. The summed E-state index contributed by atoms with van der Waals surface area (Å²) in [5.74, 6) is 0.476. The standard InChI is InChI=1S/C22H33N3O2/c1-3-16(2)23-22(27)19-10-6-7-11-20(19)25-14-12-18(13-15-25)24-21(26)17-8-4-5-9-17/h6-7,10-11,16-18H,3-5,8-9,12-15H2,1-2H3,(H,23,27)(H,24,26). The Morgan fingerprint density at radius 2 is 1.78 bits per heavy atom. The molecule has 1 aliphatic carbocycles. The molecule has 27 heavy (non-hydrogen) atoms. The number of amides is 2. The number of carbonyl (C=O) groups excluding carboxylic acids is 2. The van der Waals surface area contributed by atoms with Crippen molar-refractivity contribution < 1.29 is 9.59 Å². The van der Waals surface area contributed by atoms with Crippen molar-refractivity contribution in [1.82, 2.24) is 10.6 Å². The maximum absolute atomic E-state index is 12.6. The van der Waals surface area contributed by atoms with E-state index in [2.05, 4.69) is 22.5 Å². The highest BCUT2D eigenvalue weighted by molar-refractivity contribution is 6.00. The molecule has 2 aliphatic rings. The van der Waals surface area contributed by atoms with Gasteiger partial charge in [0.15, 0.2) is 0 Å². The summed E-state index contributed by atoms with van der Waals surface area (Å²) in [4.78, 5) is 27.3. The van der Waals surface area contributed by atoms with Crippen LogP contribution in [0.25, 0.3) is 0 Å². The molecule has 5 nitrogen and oxygen atoms in total. The average Bonchev–Trinajstić information content (AvgIpc) is 3.23. The summed E-state index contributed by atoms with van der Waals surface area (Å²) in [5.41, 5.74) is 1.74. The number of anilines is 1. The Kier molecular flexibility index (Phi) is 6.75. The van der Waals surface area contributed by atoms with Gasteiger partial charge in [0.25, 0.3) is 5.91 Å². The average molecular weight is 372 g/mol. The predicted octanol–water partition coefficient (Wildman–Crippen LogP) is 3.49. The maximum Gasteiger partial charge on any atom is 0.253 e. The van der Waals surface area contributed by atoms with Crippen LogP contribution in [0.3, 0.4) is 0 Å². The molecule has 1 heterocycles. The predicted molar refractivity (Wildman–Crippen MR) is 109 cm³/mol. The highest BCUT2D eigenvalue weighted by Gasteiger charge is 2.27. The molecule has 148 valence electrons. The fourth-order valence-electron chi connectivity index (χ4n) is 4.12. The molecule has 1 saturated heterocycles. The SMILES string of the molecule is CCC(C)NC(=O)c1ccccc1N1CCC(NC(=O)C2CCCC2)CC1. The Labute approximate surface area is 162 Å². The fourth-order valence-corrected chi connectivity index (χ4v) is 4.12. The fraction of sp³-hybridized carbons (Fsp3) is 0.636. The van der Waals surface area contributed by atoms with E-state index in [9.17, 15) is 9.59 Å². The first-order chi connectivity index (χ1) is 13.1. The second kappa shape index (κ2) is 9.25. The summed E-state index contributed by atoms with van der Waals surface area (Å²) in [6.07, 6.45) is 7.24. The summed E-state index contributed by atoms with van der Waals surface area (Å²) in [6.45, 7) is 5.83. The minimum absolute atomic E-state index is 0.00314. The smallest absolute Gasteiger partial charge is 0.253 e. The van der Waals surface area contributed by atoms with E-state index in [-0.39, 0.29) is 29.8 Å². The second-order valence-corrected chi connectivity index (χ2v) is 8.05. The number of rotatable bonds is 6. The van der Waals surface area contributed by atoms with E-state index in [1.165, 1.54) is 12.8 Å². The van der Waals surface area contributed by atoms with Crippen LogP contribution in [0.5, 0.6) is 0 Å². The maximum atomic E-state index is 12.6. The van der Waals surface area contributed by atoms with Crippen molar-refractivity contribution >= 4 is 17.5 Å². The van der Waals surface area contributed by atoms with Crippen LogP contribution in [-0.4, -0.2) is 37.0 Å². The van der Waals surface area contributed by atoms with E-state index in [0.29, 0.717) is 0 Å². The molecule has 2 amide bonds. The third kappa shape index (κ3) is 5.02. The van der Waals surface area contributed by atoms with Gasteiger partial charge >= 0.3 is 0 Å². The van der Waals surface area contributed by atoms with Gasteiger partial charge in [-0.2, -0.15) is 0 Å². The first-order valence-electron chi connectivity index (χ1n) is 10.5. The Bertz CT molecular complexity index is 647. The van der Waals surface area contributed by atoms with Crippen molar-refractivity contribution in [3.63, 3.8) is 0 Å². The van der Waals surface area contributed by atoms with E-state index in [1.54, 1.807) is 0 Å². The molecule has 1 saturated carbocycles. The van der Waals surface area contributed by atoms with E-state index in [4.69, 9.17) is 0 Å². The van der Waals surface area contributed by atoms with Crippen LogP contribution < -0.4 is 15.5 Å². The molecule has 0 radical (unpaired) electrons. The van der Waals surface area contributed by atoms with Crippen LogP contribution in [0.1, 0.15) is 69.2 Å². The normalized spacial score (nSPS) is 19.7. The summed E-state index contributed by atoms with van der Waals surface area (Å²) in [7, 11) is 0. The van der Waals surface area contributed by atoms with Crippen molar-refractivity contribution in [2.45, 2.75) is 70.9 Å². The van der Waals surface area contributed by atoms with Crippen molar-refractivity contribution in [3.8, 4) is 0 Å². The molecular formula is C22H33N3O2. The first-order valence-corrected chi connectivity index (χ1v) is 10.5. The van der Waals surface area contributed by atoms with Gasteiger partial charge in [0, 0.05) is 36.8 Å². The van der Waals surface area contributed by atoms with E-state index in [1.807, 2.05) is 31.2 Å². The molecule has 1 aromatic rings. The molecular weight excluding hydrogens is 338 g/mol. The van der Waals surface area contributed by atoms with Crippen LogP contribution in [0, 0.1) is 5.92 Å². The molecule has 1 unspecified atom stereocenters. The largest absolute Gasteiger partial charge is 0.371 e. The Morgan fingerprint density at radius 1 is 1.11 bits per heavy atom. The van der Waals surface area contributed by atoms with Crippen LogP contribution in [0.15, 0.2) is 24.3 Å².